The molecule has 0 aliphatic carbocycles. The molecule has 0 saturated heterocycles. The molecule has 2 heteroatoms. The minimum Gasteiger partial charge on any atom is -0.388 e. The van der Waals surface area contributed by atoms with E-state index in [0.717, 1.165) is 11.1 Å². The molecule has 1 aromatic carbocycles. The Morgan fingerprint density at radius 1 is 1.45 bits per heavy atom. The third-order valence-electron chi connectivity index (χ3n) is 1.69. The lowest BCUT2D eigenvalue weighted by Crippen LogP contribution is -1.99. The van der Waals surface area contributed by atoms with E-state index in [9.17, 15) is 5.11 Å². The number of hydrogen-bond donors (Lipinski definition) is 1. The van der Waals surface area contributed by atoms with E-state index in [1.54, 1.807) is 0 Å². The van der Waals surface area contributed by atoms with Gasteiger partial charge in [-0.05, 0) is 18.1 Å². The molecule has 1 N–H and O–H groups in total. The molecule has 1 unspecified atom stereocenters. The van der Waals surface area contributed by atoms with Crippen molar-refractivity contribution in [2.75, 3.05) is 5.33 Å². The van der Waals surface area contributed by atoms with Crippen LogP contribution in [-0.2, 0) is 0 Å². The molecule has 1 nitrogen and oxygen atoms in total. The predicted molar refractivity (Wildman–Crippen MR) is 49.9 cm³/mol. The van der Waals surface area contributed by atoms with Gasteiger partial charge in [-0.3, -0.25) is 0 Å². The van der Waals surface area contributed by atoms with Crippen LogP contribution in [0.1, 0.15) is 17.2 Å². The molecule has 11 heavy (non-hydrogen) atoms. The highest BCUT2D eigenvalue weighted by Gasteiger charge is 2.06. The first-order chi connectivity index (χ1) is 5.25. The molecule has 0 spiro atoms. The summed E-state index contributed by atoms with van der Waals surface area (Å²) in [5, 5.41) is 10.1. The summed E-state index contributed by atoms with van der Waals surface area (Å²) in [5.41, 5.74) is 2.14. The Kier molecular flexibility index (Phi) is 3.09. The van der Waals surface area contributed by atoms with Crippen LogP contribution in [0.25, 0.3) is 0 Å². The number of rotatable bonds is 2. The molecule has 0 aromatic heterocycles. The van der Waals surface area contributed by atoms with Gasteiger partial charge in [0.2, 0.25) is 0 Å². The lowest BCUT2D eigenvalue weighted by molar-refractivity contribution is 0.204. The molecule has 0 heterocycles. The van der Waals surface area contributed by atoms with Gasteiger partial charge in [0.15, 0.2) is 0 Å². The second kappa shape index (κ2) is 3.88. The van der Waals surface area contributed by atoms with Crippen LogP contribution in [0.15, 0.2) is 24.3 Å². The largest absolute Gasteiger partial charge is 0.388 e. The van der Waals surface area contributed by atoms with Gasteiger partial charge in [0.05, 0.1) is 6.10 Å². The average molecular weight is 215 g/mol. The summed E-state index contributed by atoms with van der Waals surface area (Å²) in [5.74, 6) is 0. The summed E-state index contributed by atoms with van der Waals surface area (Å²) in [4.78, 5) is 0. The Morgan fingerprint density at radius 2 is 2.09 bits per heavy atom. The summed E-state index contributed by atoms with van der Waals surface area (Å²) < 4.78 is 0. The molecular weight excluding hydrogens is 204 g/mol. The van der Waals surface area contributed by atoms with Crippen LogP contribution in [0.2, 0.25) is 0 Å². The Bertz CT molecular complexity index is 235. The fourth-order valence-electron chi connectivity index (χ4n) is 1.04. The Labute approximate surface area is 75.2 Å². The molecule has 0 aliphatic rings. The zero-order valence-electron chi connectivity index (χ0n) is 6.42. The van der Waals surface area contributed by atoms with E-state index >= 15 is 0 Å². The van der Waals surface area contributed by atoms with Gasteiger partial charge in [0.25, 0.3) is 0 Å². The smallest absolute Gasteiger partial charge is 0.0889 e. The standard InChI is InChI=1S/C9H11BrO/c1-7-4-2-3-5-8(7)9(11)6-10/h2-5,9,11H,6H2,1H3. The van der Waals surface area contributed by atoms with Crippen molar-refractivity contribution >= 4 is 15.9 Å². The monoisotopic (exact) mass is 214 g/mol. The topological polar surface area (TPSA) is 20.2 Å². The van der Waals surface area contributed by atoms with Crippen LogP contribution in [0, 0.1) is 6.92 Å². The van der Waals surface area contributed by atoms with Crippen LogP contribution in [-0.4, -0.2) is 10.4 Å². The number of halogens is 1. The predicted octanol–water partition coefficient (Wildman–Crippen LogP) is 2.42. The van der Waals surface area contributed by atoms with E-state index in [-0.39, 0.29) is 6.10 Å². The molecular formula is C9H11BrO. The highest BCUT2D eigenvalue weighted by molar-refractivity contribution is 9.09. The van der Waals surface area contributed by atoms with Crippen molar-refractivity contribution < 1.29 is 5.11 Å². The van der Waals surface area contributed by atoms with Crippen molar-refractivity contribution in [2.24, 2.45) is 0 Å². The van der Waals surface area contributed by atoms with Crippen LogP contribution in [0.4, 0.5) is 0 Å². The van der Waals surface area contributed by atoms with Crippen molar-refractivity contribution in [1.29, 1.82) is 0 Å². The van der Waals surface area contributed by atoms with Crippen LogP contribution < -0.4 is 0 Å². The van der Waals surface area contributed by atoms with E-state index in [1.165, 1.54) is 0 Å². The number of aliphatic hydroxyl groups is 1. The average Bonchev–Trinajstić information content (AvgIpc) is 2.04. The SMILES string of the molecule is Cc1ccccc1C(O)CBr. The first-order valence-electron chi connectivity index (χ1n) is 3.55. The minimum absolute atomic E-state index is 0.379. The first-order valence-corrected chi connectivity index (χ1v) is 4.67. The van der Waals surface area contributed by atoms with E-state index < -0.39 is 0 Å². The van der Waals surface area contributed by atoms with Crippen molar-refractivity contribution in [1.82, 2.24) is 0 Å². The van der Waals surface area contributed by atoms with Gasteiger partial charge in [-0.1, -0.05) is 40.2 Å². The van der Waals surface area contributed by atoms with Crippen molar-refractivity contribution in [3.05, 3.63) is 35.4 Å². The van der Waals surface area contributed by atoms with Crippen molar-refractivity contribution in [3.63, 3.8) is 0 Å². The van der Waals surface area contributed by atoms with Crippen LogP contribution in [0.3, 0.4) is 0 Å². The van der Waals surface area contributed by atoms with Crippen molar-refractivity contribution in [3.8, 4) is 0 Å². The maximum Gasteiger partial charge on any atom is 0.0889 e. The number of aliphatic hydroxyl groups excluding tert-OH is 1. The number of benzene rings is 1. The molecule has 0 aliphatic heterocycles. The molecule has 1 atom stereocenters. The first kappa shape index (κ1) is 8.75. The van der Waals surface area contributed by atoms with Gasteiger partial charge in [0.1, 0.15) is 0 Å². The summed E-state index contributed by atoms with van der Waals surface area (Å²) in [7, 11) is 0. The van der Waals surface area contributed by atoms with Gasteiger partial charge in [0, 0.05) is 5.33 Å². The molecule has 1 rings (SSSR count). The number of aryl methyl sites for hydroxylation is 1. The van der Waals surface area contributed by atoms with Gasteiger partial charge in [-0.15, -0.1) is 0 Å². The van der Waals surface area contributed by atoms with Crippen LogP contribution in [0.5, 0.6) is 0 Å². The summed E-state index contributed by atoms with van der Waals surface area (Å²) in [6.45, 7) is 2.00. The molecule has 0 saturated carbocycles. The second-order valence-electron chi connectivity index (χ2n) is 2.53. The molecule has 0 amide bonds. The van der Waals surface area contributed by atoms with E-state index in [4.69, 9.17) is 0 Å². The lowest BCUT2D eigenvalue weighted by Gasteiger charge is -2.09. The normalized spacial score (nSPS) is 13.0. The molecule has 1 aromatic rings. The number of hydrogen-bond acceptors (Lipinski definition) is 1. The highest BCUT2D eigenvalue weighted by Crippen LogP contribution is 2.18. The zero-order valence-corrected chi connectivity index (χ0v) is 8.01. The molecule has 0 bridgehead atoms. The van der Waals surface area contributed by atoms with Gasteiger partial charge in [-0.25, -0.2) is 0 Å². The summed E-state index contributed by atoms with van der Waals surface area (Å²) >= 11 is 3.24. The van der Waals surface area contributed by atoms with E-state index in [1.807, 2.05) is 31.2 Å². The summed E-state index contributed by atoms with van der Waals surface area (Å²) in [6, 6.07) is 7.86. The van der Waals surface area contributed by atoms with Gasteiger partial charge in [-0.2, -0.15) is 0 Å². The third kappa shape index (κ3) is 2.04. The molecule has 60 valence electrons. The van der Waals surface area contributed by atoms with Crippen LogP contribution >= 0.6 is 15.9 Å². The van der Waals surface area contributed by atoms with E-state index in [2.05, 4.69) is 15.9 Å². The molecule has 0 fully saturated rings. The zero-order chi connectivity index (χ0) is 8.27. The Balaban J connectivity index is 2.93. The van der Waals surface area contributed by atoms with Crippen molar-refractivity contribution in [2.45, 2.75) is 13.0 Å². The highest BCUT2D eigenvalue weighted by atomic mass is 79.9. The van der Waals surface area contributed by atoms with E-state index in [0.29, 0.717) is 5.33 Å². The Morgan fingerprint density at radius 3 is 2.64 bits per heavy atom. The lowest BCUT2D eigenvalue weighted by atomic mass is 10.1. The molecule has 0 radical (unpaired) electrons. The fourth-order valence-corrected chi connectivity index (χ4v) is 1.39. The number of alkyl halides is 1. The van der Waals surface area contributed by atoms with Gasteiger partial charge < -0.3 is 5.11 Å². The quantitative estimate of drug-likeness (QED) is 0.751. The van der Waals surface area contributed by atoms with Gasteiger partial charge >= 0.3 is 0 Å². The second-order valence-corrected chi connectivity index (χ2v) is 3.17. The third-order valence-corrected chi connectivity index (χ3v) is 2.31. The maximum atomic E-state index is 9.46. The summed E-state index contributed by atoms with van der Waals surface area (Å²) in [6.07, 6.45) is -0.379. The Hall–Kier alpha value is -0.340. The maximum absolute atomic E-state index is 9.46. The minimum atomic E-state index is -0.379. The fraction of sp³-hybridized carbons (Fsp3) is 0.333.